The van der Waals surface area contributed by atoms with E-state index >= 15 is 0 Å². The Balaban J connectivity index is 2.53. The van der Waals surface area contributed by atoms with E-state index in [9.17, 15) is 22.8 Å². The van der Waals surface area contributed by atoms with Gasteiger partial charge >= 0.3 is 12.1 Å². The topological polar surface area (TPSA) is 40.6 Å². The molecule has 0 aliphatic carbocycles. The largest absolute Gasteiger partial charge is 0.471 e. The lowest BCUT2D eigenvalue weighted by molar-refractivity contribution is -0.187. The highest BCUT2D eigenvalue weighted by Gasteiger charge is 2.43. The van der Waals surface area contributed by atoms with E-state index in [4.69, 9.17) is 0 Å². The van der Waals surface area contributed by atoms with Crippen LogP contribution in [0.1, 0.15) is 20.8 Å². The van der Waals surface area contributed by atoms with Gasteiger partial charge in [-0.15, -0.1) is 0 Å². The third kappa shape index (κ3) is 4.86. The van der Waals surface area contributed by atoms with Gasteiger partial charge in [0.05, 0.1) is 0 Å². The molecule has 4 nitrogen and oxygen atoms in total. The smallest absolute Gasteiger partial charge is 0.336 e. The van der Waals surface area contributed by atoms with Gasteiger partial charge in [0.1, 0.15) is 0 Å². The minimum atomic E-state index is -4.85. The van der Waals surface area contributed by atoms with Crippen LogP contribution < -0.4 is 0 Å². The second-order valence-electron chi connectivity index (χ2n) is 5.81. The fourth-order valence-corrected chi connectivity index (χ4v) is 1.74. The van der Waals surface area contributed by atoms with Crippen LogP contribution in [0.25, 0.3) is 0 Å². The van der Waals surface area contributed by atoms with Gasteiger partial charge in [0.25, 0.3) is 0 Å². The first kappa shape index (κ1) is 16.5. The summed E-state index contributed by atoms with van der Waals surface area (Å²) in [5.74, 6) is -2.08. The summed E-state index contributed by atoms with van der Waals surface area (Å²) in [5.41, 5.74) is -0.135. The van der Waals surface area contributed by atoms with E-state index in [-0.39, 0.29) is 37.5 Å². The highest BCUT2D eigenvalue weighted by Crippen LogP contribution is 2.20. The molecular formula is C13H19F3N2O2. The molecule has 0 saturated carbocycles. The van der Waals surface area contributed by atoms with Crippen LogP contribution in [0.3, 0.4) is 0 Å². The van der Waals surface area contributed by atoms with E-state index < -0.39 is 12.1 Å². The summed E-state index contributed by atoms with van der Waals surface area (Å²) < 4.78 is 36.8. The van der Waals surface area contributed by atoms with Crippen LogP contribution in [-0.2, 0) is 9.59 Å². The van der Waals surface area contributed by atoms with Crippen LogP contribution in [-0.4, -0.2) is 54.0 Å². The molecule has 0 aromatic carbocycles. The average molecular weight is 292 g/mol. The number of allylic oxidation sites excluding steroid dienone is 1. The molecule has 20 heavy (non-hydrogen) atoms. The summed E-state index contributed by atoms with van der Waals surface area (Å²) in [6, 6.07) is 0. The summed E-state index contributed by atoms with van der Waals surface area (Å²) in [6.45, 7) is 5.88. The van der Waals surface area contributed by atoms with Crippen molar-refractivity contribution in [1.82, 2.24) is 9.80 Å². The molecule has 0 N–H and O–H groups in total. The third-order valence-corrected chi connectivity index (χ3v) is 2.85. The Bertz CT molecular complexity index is 403. The number of carbonyl (C=O) groups is 2. The molecule has 1 fully saturated rings. The Morgan fingerprint density at radius 2 is 1.40 bits per heavy atom. The molecule has 1 rings (SSSR count). The average Bonchev–Trinajstić information content (AvgIpc) is 2.33. The Kier molecular flexibility index (Phi) is 4.83. The van der Waals surface area contributed by atoms with Crippen molar-refractivity contribution in [2.75, 3.05) is 26.2 Å². The van der Waals surface area contributed by atoms with Crippen molar-refractivity contribution in [3.63, 3.8) is 0 Å². The van der Waals surface area contributed by atoms with Crippen molar-refractivity contribution >= 4 is 11.8 Å². The fourth-order valence-electron chi connectivity index (χ4n) is 1.74. The fraction of sp³-hybridized carbons (Fsp3) is 0.692. The molecular weight excluding hydrogens is 273 g/mol. The summed E-state index contributed by atoms with van der Waals surface area (Å²) in [7, 11) is 0. The highest BCUT2D eigenvalue weighted by atomic mass is 19.4. The number of alkyl halides is 3. The Labute approximate surface area is 116 Å². The zero-order chi connectivity index (χ0) is 15.6. The molecule has 1 heterocycles. The molecule has 0 aromatic rings. The van der Waals surface area contributed by atoms with Gasteiger partial charge in [0.15, 0.2) is 0 Å². The first-order valence-electron chi connectivity index (χ1n) is 6.35. The predicted octanol–water partition coefficient (Wildman–Crippen LogP) is 1.82. The van der Waals surface area contributed by atoms with Gasteiger partial charge in [-0.3, -0.25) is 9.59 Å². The monoisotopic (exact) mass is 292 g/mol. The lowest BCUT2D eigenvalue weighted by atomic mass is 9.96. The number of piperazine rings is 1. The second kappa shape index (κ2) is 5.85. The Hall–Kier alpha value is -1.53. The number of amides is 2. The molecule has 2 amide bonds. The van der Waals surface area contributed by atoms with Crippen molar-refractivity contribution in [3.8, 4) is 0 Å². The molecule has 0 unspecified atom stereocenters. The van der Waals surface area contributed by atoms with Crippen molar-refractivity contribution in [2.45, 2.75) is 26.9 Å². The SMILES string of the molecule is CC(C)(C)/C=C/C(=O)N1CCN(C(=O)C(F)(F)F)CC1. The lowest BCUT2D eigenvalue weighted by Crippen LogP contribution is -2.53. The van der Waals surface area contributed by atoms with Crippen LogP contribution in [0, 0.1) is 5.41 Å². The van der Waals surface area contributed by atoms with E-state index in [1.165, 1.54) is 11.0 Å². The first-order chi connectivity index (χ1) is 9.00. The molecule has 1 saturated heterocycles. The summed E-state index contributed by atoms with van der Waals surface area (Å²) in [5, 5.41) is 0. The van der Waals surface area contributed by atoms with Crippen molar-refractivity contribution in [3.05, 3.63) is 12.2 Å². The van der Waals surface area contributed by atoms with E-state index in [0.29, 0.717) is 0 Å². The number of rotatable bonds is 1. The summed E-state index contributed by atoms with van der Waals surface area (Å²) in [6.07, 6.45) is -1.66. The van der Waals surface area contributed by atoms with E-state index in [2.05, 4.69) is 0 Å². The molecule has 0 atom stereocenters. The minimum absolute atomic E-state index is 0.0898. The molecule has 0 bridgehead atoms. The number of nitrogens with zero attached hydrogens (tertiary/aromatic N) is 2. The van der Waals surface area contributed by atoms with E-state index in [1.807, 2.05) is 20.8 Å². The highest BCUT2D eigenvalue weighted by molar-refractivity contribution is 5.88. The molecule has 0 radical (unpaired) electrons. The van der Waals surface area contributed by atoms with Gasteiger partial charge in [-0.25, -0.2) is 0 Å². The van der Waals surface area contributed by atoms with Gasteiger partial charge < -0.3 is 9.80 Å². The van der Waals surface area contributed by atoms with Gasteiger partial charge in [-0.2, -0.15) is 13.2 Å². The predicted molar refractivity (Wildman–Crippen MR) is 67.8 cm³/mol. The van der Waals surface area contributed by atoms with Gasteiger partial charge in [0.2, 0.25) is 5.91 Å². The molecule has 1 aliphatic heterocycles. The maximum absolute atomic E-state index is 12.3. The number of hydrogen-bond donors (Lipinski definition) is 0. The lowest BCUT2D eigenvalue weighted by Gasteiger charge is -2.34. The summed E-state index contributed by atoms with van der Waals surface area (Å²) in [4.78, 5) is 25.0. The maximum Gasteiger partial charge on any atom is 0.471 e. The van der Waals surface area contributed by atoms with Crippen LogP contribution in [0.2, 0.25) is 0 Å². The van der Waals surface area contributed by atoms with Crippen molar-refractivity contribution in [2.24, 2.45) is 5.41 Å². The molecule has 114 valence electrons. The third-order valence-electron chi connectivity index (χ3n) is 2.85. The molecule has 0 spiro atoms. The number of hydrogen-bond acceptors (Lipinski definition) is 2. The van der Waals surface area contributed by atoms with Crippen LogP contribution in [0.4, 0.5) is 13.2 Å². The first-order valence-corrected chi connectivity index (χ1v) is 6.35. The second-order valence-corrected chi connectivity index (χ2v) is 5.81. The quantitative estimate of drug-likeness (QED) is 0.692. The molecule has 1 aliphatic rings. The minimum Gasteiger partial charge on any atom is -0.336 e. The van der Waals surface area contributed by atoms with E-state index in [0.717, 1.165) is 4.90 Å². The van der Waals surface area contributed by atoms with Crippen LogP contribution in [0.5, 0.6) is 0 Å². The molecule has 7 heteroatoms. The normalized spacial score (nSPS) is 17.7. The van der Waals surface area contributed by atoms with Gasteiger partial charge in [-0.1, -0.05) is 26.8 Å². The number of carbonyl (C=O) groups excluding carboxylic acids is 2. The molecule has 0 aromatic heterocycles. The Morgan fingerprint density at radius 1 is 0.950 bits per heavy atom. The zero-order valence-corrected chi connectivity index (χ0v) is 11.8. The summed E-state index contributed by atoms with van der Waals surface area (Å²) >= 11 is 0. The van der Waals surface area contributed by atoms with Gasteiger partial charge in [-0.05, 0) is 11.5 Å². The van der Waals surface area contributed by atoms with Crippen LogP contribution >= 0.6 is 0 Å². The standard InChI is InChI=1S/C13H19F3N2O2/c1-12(2,3)5-4-10(19)17-6-8-18(9-7-17)11(20)13(14,15)16/h4-5H,6-9H2,1-3H3/b5-4+. The Morgan fingerprint density at radius 3 is 1.80 bits per heavy atom. The zero-order valence-electron chi connectivity index (χ0n) is 11.8. The van der Waals surface area contributed by atoms with Crippen molar-refractivity contribution < 1.29 is 22.8 Å². The number of halogens is 3. The van der Waals surface area contributed by atoms with Crippen molar-refractivity contribution in [1.29, 1.82) is 0 Å². The maximum atomic E-state index is 12.3. The van der Waals surface area contributed by atoms with Crippen LogP contribution in [0.15, 0.2) is 12.2 Å². The van der Waals surface area contributed by atoms with Gasteiger partial charge in [0, 0.05) is 26.2 Å². The van der Waals surface area contributed by atoms with E-state index in [1.54, 1.807) is 6.08 Å².